The zero-order valence-corrected chi connectivity index (χ0v) is 17.6. The summed E-state index contributed by atoms with van der Waals surface area (Å²) in [6.07, 6.45) is 0.492. The van der Waals surface area contributed by atoms with E-state index >= 15 is 0 Å². The summed E-state index contributed by atoms with van der Waals surface area (Å²) < 4.78 is 18.5. The predicted molar refractivity (Wildman–Crippen MR) is 113 cm³/mol. The van der Waals surface area contributed by atoms with Crippen LogP contribution >= 0.6 is 0 Å². The van der Waals surface area contributed by atoms with Gasteiger partial charge in [-0.05, 0) is 35.4 Å². The Morgan fingerprint density at radius 1 is 1.17 bits per heavy atom. The van der Waals surface area contributed by atoms with Crippen molar-refractivity contribution >= 4 is 17.5 Å². The van der Waals surface area contributed by atoms with Crippen molar-refractivity contribution in [3.63, 3.8) is 0 Å². The number of benzene rings is 2. The van der Waals surface area contributed by atoms with Crippen molar-refractivity contribution in [2.24, 2.45) is 11.0 Å². The largest absolute Gasteiger partial charge is 0.497 e. The van der Waals surface area contributed by atoms with Gasteiger partial charge in [-0.15, -0.1) is 0 Å². The highest BCUT2D eigenvalue weighted by Gasteiger charge is 2.34. The smallest absolute Gasteiger partial charge is 0.262 e. The minimum absolute atomic E-state index is 0.0656. The molecule has 1 heterocycles. The monoisotopic (exact) mass is 411 g/mol. The molecule has 0 aliphatic carbocycles. The third kappa shape index (κ3) is 4.67. The van der Waals surface area contributed by atoms with Gasteiger partial charge in [-0.1, -0.05) is 38.1 Å². The third-order valence-corrected chi connectivity index (χ3v) is 5.09. The van der Waals surface area contributed by atoms with Gasteiger partial charge in [-0.2, -0.15) is 5.10 Å². The molecule has 1 aliphatic rings. The highest BCUT2D eigenvalue weighted by molar-refractivity contribution is 6.03. The van der Waals surface area contributed by atoms with Gasteiger partial charge >= 0.3 is 0 Å². The number of amides is 2. The van der Waals surface area contributed by atoms with Crippen molar-refractivity contribution in [1.29, 1.82) is 0 Å². The van der Waals surface area contributed by atoms with Crippen molar-refractivity contribution in [2.45, 2.75) is 26.3 Å². The number of likely N-dealkylation sites (N-methyl/N-ethyl adjacent to an activating group) is 1. The maximum Gasteiger partial charge on any atom is 0.262 e. The summed E-state index contributed by atoms with van der Waals surface area (Å²) >= 11 is 0. The number of nitrogens with zero attached hydrogens (tertiary/aromatic N) is 3. The summed E-state index contributed by atoms with van der Waals surface area (Å²) in [5.41, 5.74) is 2.36. The Bertz CT molecular complexity index is 939. The van der Waals surface area contributed by atoms with Crippen molar-refractivity contribution < 1.29 is 18.7 Å². The Labute approximate surface area is 175 Å². The molecular weight excluding hydrogens is 385 g/mol. The second-order valence-corrected chi connectivity index (χ2v) is 7.63. The van der Waals surface area contributed by atoms with Crippen LogP contribution in [0.4, 0.5) is 4.39 Å². The first kappa shape index (κ1) is 21.5. The molecule has 0 spiro atoms. The predicted octanol–water partition coefficient (Wildman–Crippen LogP) is 3.63. The van der Waals surface area contributed by atoms with E-state index < -0.39 is 0 Å². The fourth-order valence-electron chi connectivity index (χ4n) is 3.44. The van der Waals surface area contributed by atoms with Gasteiger partial charge in [0, 0.05) is 19.4 Å². The molecule has 0 saturated carbocycles. The molecule has 6 nitrogen and oxygen atoms in total. The standard InChI is InChI=1S/C23H26FN3O3/c1-15(2)23(29)26(3)14-22(28)27-21(17-7-11-19(30-4)12-8-17)13-20(25-27)16-5-9-18(24)10-6-16/h5-12,15,21H,13-14H2,1-4H3/t21-/m1/s1. The van der Waals surface area contributed by atoms with Gasteiger partial charge < -0.3 is 9.64 Å². The fourth-order valence-corrected chi connectivity index (χ4v) is 3.44. The maximum atomic E-state index is 13.3. The average molecular weight is 411 g/mol. The van der Waals surface area contributed by atoms with Crippen molar-refractivity contribution in [3.05, 3.63) is 65.5 Å². The first-order valence-corrected chi connectivity index (χ1v) is 9.84. The molecule has 1 aliphatic heterocycles. The second kappa shape index (κ2) is 9.07. The quantitative estimate of drug-likeness (QED) is 0.729. The molecule has 0 fully saturated rings. The summed E-state index contributed by atoms with van der Waals surface area (Å²) in [5, 5.41) is 5.99. The van der Waals surface area contributed by atoms with Gasteiger partial charge in [0.15, 0.2) is 0 Å². The lowest BCUT2D eigenvalue weighted by atomic mass is 9.98. The van der Waals surface area contributed by atoms with Crippen LogP contribution in [0.25, 0.3) is 0 Å². The third-order valence-electron chi connectivity index (χ3n) is 5.09. The van der Waals surface area contributed by atoms with Gasteiger partial charge in [-0.3, -0.25) is 9.59 Å². The van der Waals surface area contributed by atoms with Crippen LogP contribution in [0, 0.1) is 11.7 Å². The molecule has 0 unspecified atom stereocenters. The Morgan fingerprint density at radius 3 is 2.37 bits per heavy atom. The van der Waals surface area contributed by atoms with Crippen molar-refractivity contribution in [3.8, 4) is 5.75 Å². The molecule has 1 atom stereocenters. The lowest BCUT2D eigenvalue weighted by Crippen LogP contribution is -2.40. The number of halogens is 1. The molecular formula is C23H26FN3O3. The van der Waals surface area contributed by atoms with E-state index in [0.717, 1.165) is 16.9 Å². The molecule has 0 bridgehead atoms. The first-order valence-electron chi connectivity index (χ1n) is 9.84. The number of ether oxygens (including phenoxy) is 1. The number of rotatable bonds is 6. The second-order valence-electron chi connectivity index (χ2n) is 7.63. The highest BCUT2D eigenvalue weighted by atomic mass is 19.1. The van der Waals surface area contributed by atoms with Crippen LogP contribution in [0.1, 0.15) is 37.4 Å². The van der Waals surface area contributed by atoms with Crippen LogP contribution in [0.2, 0.25) is 0 Å². The van der Waals surface area contributed by atoms with Crippen LogP contribution in [0.3, 0.4) is 0 Å². The molecule has 0 N–H and O–H groups in total. The summed E-state index contributed by atoms with van der Waals surface area (Å²) in [4.78, 5) is 26.7. The maximum absolute atomic E-state index is 13.3. The number of methoxy groups -OCH3 is 1. The number of carbonyl (C=O) groups excluding carboxylic acids is 2. The van der Waals surface area contributed by atoms with Gasteiger partial charge in [0.25, 0.3) is 5.91 Å². The summed E-state index contributed by atoms with van der Waals surface area (Å²) in [6, 6.07) is 13.2. The van der Waals surface area contributed by atoms with Gasteiger partial charge in [0.2, 0.25) is 5.91 Å². The van der Waals surface area contributed by atoms with E-state index in [1.807, 2.05) is 24.3 Å². The van der Waals surface area contributed by atoms with E-state index in [4.69, 9.17) is 4.74 Å². The lowest BCUT2D eigenvalue weighted by molar-refractivity contribution is -0.142. The van der Waals surface area contributed by atoms with E-state index in [0.29, 0.717) is 12.1 Å². The molecule has 0 saturated heterocycles. The van der Waals surface area contributed by atoms with Crippen LogP contribution in [-0.2, 0) is 9.59 Å². The highest BCUT2D eigenvalue weighted by Crippen LogP contribution is 2.33. The van der Waals surface area contributed by atoms with E-state index in [1.54, 1.807) is 40.1 Å². The molecule has 2 aromatic rings. The number of hydrogen-bond donors (Lipinski definition) is 0. The average Bonchev–Trinajstić information content (AvgIpc) is 3.19. The molecule has 3 rings (SSSR count). The van der Waals surface area contributed by atoms with E-state index in [1.165, 1.54) is 22.0 Å². The lowest BCUT2D eigenvalue weighted by Gasteiger charge is -2.25. The molecule has 158 valence electrons. The fraction of sp³-hybridized carbons (Fsp3) is 0.348. The number of carbonyl (C=O) groups is 2. The van der Waals surface area contributed by atoms with Gasteiger partial charge in [0.1, 0.15) is 18.1 Å². The normalized spacial score (nSPS) is 15.9. The summed E-state index contributed by atoms with van der Waals surface area (Å²) in [6.45, 7) is 3.53. The van der Waals surface area contributed by atoms with Crippen molar-refractivity contribution in [2.75, 3.05) is 20.7 Å². The zero-order chi connectivity index (χ0) is 21.8. The Balaban J connectivity index is 1.89. The summed E-state index contributed by atoms with van der Waals surface area (Å²) in [7, 11) is 3.21. The minimum atomic E-state index is -0.328. The molecule has 30 heavy (non-hydrogen) atoms. The van der Waals surface area contributed by atoms with E-state index in [-0.39, 0.29) is 36.1 Å². The first-order chi connectivity index (χ1) is 14.3. The molecule has 0 aromatic heterocycles. The number of hydrazone groups is 1. The molecule has 7 heteroatoms. The number of hydrogen-bond acceptors (Lipinski definition) is 4. The Morgan fingerprint density at radius 2 is 1.80 bits per heavy atom. The minimum Gasteiger partial charge on any atom is -0.497 e. The SMILES string of the molecule is COc1ccc([C@H]2CC(c3ccc(F)cc3)=NN2C(=O)CN(C)C(=O)C(C)C)cc1. The topological polar surface area (TPSA) is 62.2 Å². The van der Waals surface area contributed by atoms with Crippen LogP contribution in [-0.4, -0.2) is 48.1 Å². The van der Waals surface area contributed by atoms with Crippen LogP contribution in [0.15, 0.2) is 53.6 Å². The Hall–Kier alpha value is -3.22. The van der Waals surface area contributed by atoms with E-state index in [9.17, 15) is 14.0 Å². The van der Waals surface area contributed by atoms with Crippen LogP contribution in [0.5, 0.6) is 5.75 Å². The molecule has 2 amide bonds. The zero-order valence-electron chi connectivity index (χ0n) is 17.6. The summed E-state index contributed by atoms with van der Waals surface area (Å²) in [5.74, 6) is -0.185. The molecule has 0 radical (unpaired) electrons. The van der Waals surface area contributed by atoms with Gasteiger partial charge in [-0.25, -0.2) is 9.40 Å². The Kier molecular flexibility index (Phi) is 6.50. The van der Waals surface area contributed by atoms with Crippen molar-refractivity contribution in [1.82, 2.24) is 9.91 Å². The molecule has 2 aromatic carbocycles. The van der Waals surface area contributed by atoms with E-state index in [2.05, 4.69) is 5.10 Å². The van der Waals surface area contributed by atoms with Crippen LogP contribution < -0.4 is 4.74 Å². The van der Waals surface area contributed by atoms with Gasteiger partial charge in [0.05, 0.1) is 18.9 Å².